The summed E-state index contributed by atoms with van der Waals surface area (Å²) in [6.07, 6.45) is 22.5. The molecule has 5 saturated heterocycles. The summed E-state index contributed by atoms with van der Waals surface area (Å²) in [5, 5.41) is 66.4. The lowest BCUT2D eigenvalue weighted by Crippen LogP contribution is -2.45. The fourth-order valence-corrected chi connectivity index (χ4v) is 22.0. The second kappa shape index (κ2) is 48.3. The Labute approximate surface area is 883 Å². The van der Waals surface area contributed by atoms with Crippen molar-refractivity contribution in [2.45, 2.75) is 233 Å². The molecule has 8 aromatic heterocycles. The van der Waals surface area contributed by atoms with Gasteiger partial charge in [0.05, 0.1) is 68.6 Å². The van der Waals surface area contributed by atoms with Crippen LogP contribution in [0.3, 0.4) is 0 Å². The molecule has 12 aromatic rings. The lowest BCUT2D eigenvalue weighted by molar-refractivity contribution is -0.146. The van der Waals surface area contributed by atoms with Gasteiger partial charge < -0.3 is 57.3 Å². The Hall–Kier alpha value is -12.0. The third kappa shape index (κ3) is 28.0. The van der Waals surface area contributed by atoms with Crippen molar-refractivity contribution >= 4 is 167 Å². The first-order valence-electron chi connectivity index (χ1n) is 51.5. The topological polar surface area (TPSA) is 445 Å². The van der Waals surface area contributed by atoms with Crippen LogP contribution in [0.25, 0.3) is 0 Å². The number of ether oxygens (including phenoxy) is 1. The van der Waals surface area contributed by atoms with E-state index in [2.05, 4.69) is 209 Å². The number of aliphatic hydroxyl groups is 1. The van der Waals surface area contributed by atoms with Gasteiger partial charge in [0.1, 0.15) is 43.1 Å². The van der Waals surface area contributed by atoms with Crippen LogP contribution >= 0.6 is 46.4 Å². The zero-order valence-electron chi connectivity index (χ0n) is 85.8. The number of carbonyl (C=O) groups is 3. The molecule has 148 heavy (non-hydrogen) atoms. The highest BCUT2D eigenvalue weighted by molar-refractivity contribution is 7.89. The van der Waals surface area contributed by atoms with Crippen molar-refractivity contribution in [2.24, 2.45) is 0 Å². The molecule has 5 aliphatic heterocycles. The molecule has 0 bridgehead atoms. The summed E-state index contributed by atoms with van der Waals surface area (Å²) in [4.78, 5) is 80.6. The number of ketones is 2. The molecule has 786 valence electrons. The van der Waals surface area contributed by atoms with Gasteiger partial charge >= 0.3 is 0 Å². The molecule has 3 saturated carbocycles. The van der Waals surface area contributed by atoms with Crippen LogP contribution in [0.4, 0.5) is 97.5 Å². The lowest BCUT2D eigenvalue weighted by Gasteiger charge is -2.38. The SMILES string of the molecule is CCC(=O)CN1CCC(c2cc(C)c(Nc3ncc(Cl)c(Nc4cc(C5CC5)[nH]n4)n3)cc2C)CC1.CCC(=O)CN1CCC(c2cc(F)c(Nc3ncc(Cl)c(Nc4cc(C5CC5)[nH]n4)n3)cc2C)CC1.Cc1cc(Nc2nc(Nc3cc(C)c(C4CCCCN4C(=O)C4(O)CC4)cc3C)ncc2Cl)n[nH]1.Cc1cc(Nc2nc(Nc3cc(C)c(C4CCN(S(=O)(=O)CCCN5CCOCC5)CC4)cc3C)ncc2Cl)n[nH]1. The second-order valence-electron chi connectivity index (χ2n) is 40.4. The number of hydrogen-bond donors (Lipinski definition) is 13. The summed E-state index contributed by atoms with van der Waals surface area (Å²) in [5.41, 5.74) is 18.6. The van der Waals surface area contributed by atoms with E-state index in [0.717, 1.165) is 201 Å². The van der Waals surface area contributed by atoms with E-state index in [0.29, 0.717) is 184 Å². The van der Waals surface area contributed by atoms with E-state index in [-0.39, 0.29) is 41.2 Å². The fraction of sp³-hybridized carbons (Fsp3) is 0.481. The number of aryl methyl sites for hydroxylation is 9. The number of amides is 1. The maximum Gasteiger partial charge on any atom is 0.255 e. The maximum atomic E-state index is 15.1. The normalized spacial score (nSPS) is 17.5. The van der Waals surface area contributed by atoms with Gasteiger partial charge in [-0.2, -0.15) is 40.3 Å². The number of aromatic amines is 4. The third-order valence-electron chi connectivity index (χ3n) is 28.9. The van der Waals surface area contributed by atoms with E-state index in [1.54, 1.807) is 35.0 Å². The predicted octanol–water partition coefficient (Wildman–Crippen LogP) is 21.2. The number of Topliss-reactive ketones (excluding diaryl/α,β-unsaturated/α-hetero) is 2. The molecule has 0 radical (unpaired) electrons. The zero-order chi connectivity index (χ0) is 104. The van der Waals surface area contributed by atoms with Gasteiger partial charge in [-0.1, -0.05) is 78.5 Å². The predicted molar refractivity (Wildman–Crippen MR) is 580 cm³/mol. The van der Waals surface area contributed by atoms with Gasteiger partial charge in [0.15, 0.2) is 46.5 Å². The Kier molecular flexibility index (Phi) is 35.1. The summed E-state index contributed by atoms with van der Waals surface area (Å²) in [5.74, 6) is 8.52. The van der Waals surface area contributed by atoms with Gasteiger partial charge in [0.2, 0.25) is 33.8 Å². The number of carbonyl (C=O) groups excluding carboxylic acids is 3. The molecule has 4 aromatic carbocycles. The van der Waals surface area contributed by atoms with E-state index in [1.165, 1.54) is 48.6 Å². The smallest absolute Gasteiger partial charge is 0.255 e. The van der Waals surface area contributed by atoms with E-state index < -0.39 is 15.6 Å². The number of sulfonamides is 1. The van der Waals surface area contributed by atoms with Crippen molar-refractivity contribution in [2.75, 3.05) is 140 Å². The molecule has 13 heterocycles. The number of rotatable bonds is 34. The average Bonchev–Trinajstić information content (AvgIpc) is 1.62. The molecule has 13 N–H and O–H groups in total. The monoisotopic (exact) mass is 2120 g/mol. The van der Waals surface area contributed by atoms with E-state index in [4.69, 9.17) is 51.1 Å². The number of hydrogen-bond acceptors (Lipinski definition) is 30. The minimum atomic E-state index is -3.24. The molecule has 1 amide bonds. The molecule has 42 heteroatoms. The van der Waals surface area contributed by atoms with Crippen LogP contribution in [0, 0.1) is 68.1 Å². The molecule has 20 rings (SSSR count). The largest absolute Gasteiger partial charge is 0.380 e. The first-order valence-corrected chi connectivity index (χ1v) is 54.7. The molecule has 8 fully saturated rings. The molecule has 36 nitrogen and oxygen atoms in total. The van der Waals surface area contributed by atoms with Crippen molar-refractivity contribution in [1.29, 1.82) is 0 Å². The van der Waals surface area contributed by atoms with Crippen molar-refractivity contribution in [3.05, 3.63) is 207 Å². The van der Waals surface area contributed by atoms with Crippen molar-refractivity contribution < 1.29 is 37.0 Å². The van der Waals surface area contributed by atoms with Gasteiger partial charge in [-0.3, -0.25) is 49.5 Å². The number of piperidine rings is 4. The minimum Gasteiger partial charge on any atom is -0.380 e. The van der Waals surface area contributed by atoms with Gasteiger partial charge in [-0.25, -0.2) is 37.0 Å². The lowest BCUT2D eigenvalue weighted by atomic mass is 9.85. The van der Waals surface area contributed by atoms with Gasteiger partial charge in [-0.15, -0.1) is 0 Å². The second-order valence-corrected chi connectivity index (χ2v) is 44.1. The van der Waals surface area contributed by atoms with Crippen LogP contribution in [0.15, 0.2) is 97.6 Å². The number of H-pyrrole nitrogens is 4. The molecule has 3 aliphatic carbocycles. The van der Waals surface area contributed by atoms with Crippen LogP contribution in [-0.4, -0.2) is 239 Å². The molecular formula is C106H134Cl4FN29O7S. The highest BCUT2D eigenvalue weighted by Crippen LogP contribution is 2.47. The van der Waals surface area contributed by atoms with Crippen molar-refractivity contribution in [3.63, 3.8) is 0 Å². The first kappa shape index (κ1) is 107. The Bertz CT molecular complexity index is 6630. The quantitative estimate of drug-likeness (QED) is 0.0178. The van der Waals surface area contributed by atoms with Crippen LogP contribution in [0.1, 0.15) is 249 Å². The highest BCUT2D eigenvalue weighted by Gasteiger charge is 2.52. The Morgan fingerprint density at radius 2 is 0.784 bits per heavy atom. The van der Waals surface area contributed by atoms with E-state index in [1.807, 2.05) is 70.7 Å². The first-order chi connectivity index (χ1) is 71.2. The van der Waals surface area contributed by atoms with Crippen molar-refractivity contribution in [1.82, 2.24) is 105 Å². The number of benzene rings is 4. The van der Waals surface area contributed by atoms with Crippen LogP contribution in [-0.2, 0) is 29.1 Å². The Morgan fingerprint density at radius 3 is 1.17 bits per heavy atom. The van der Waals surface area contributed by atoms with E-state index >= 15 is 4.39 Å². The highest BCUT2D eigenvalue weighted by atomic mass is 35.5. The van der Waals surface area contributed by atoms with Gasteiger partial charge in [0, 0.05) is 122 Å². The van der Waals surface area contributed by atoms with Crippen LogP contribution < -0.4 is 42.5 Å². The zero-order valence-corrected chi connectivity index (χ0v) is 89.7. The van der Waals surface area contributed by atoms with Crippen LogP contribution in [0.5, 0.6) is 0 Å². The van der Waals surface area contributed by atoms with Gasteiger partial charge in [-0.05, 0) is 307 Å². The molecule has 8 aliphatic rings. The summed E-state index contributed by atoms with van der Waals surface area (Å²) in [6.45, 7) is 32.8. The fourth-order valence-electron chi connectivity index (χ4n) is 19.9. The van der Waals surface area contributed by atoms with Crippen molar-refractivity contribution in [3.8, 4) is 0 Å². The number of morpholine rings is 1. The maximum absolute atomic E-state index is 15.1. The van der Waals surface area contributed by atoms with Crippen LogP contribution in [0.2, 0.25) is 20.1 Å². The number of halogens is 5. The molecule has 0 spiro atoms. The standard InChI is InChI=1S/C28H39ClN8O3S.C27H34ClN7O.C26H31ClFN7O.C25H30ClN7O2/c1-19-16-25(31-28-30-18-24(29)27(33-28)32-26-17-21(3)34-35-26)20(2)15-23(19)22-5-8-37(9-6-22)41(38,39)14-4-7-36-10-12-40-13-11-36;1-4-20(36)15-35-9-7-18(8-10-35)21-11-17(3)23(12-16(21)2)30-27-29-14-22(28)26(32-27)31-25-13-24(33-34-25)19-5-6-19;1-3-18(36)14-35-8-6-16(7-9-35)19-11-21(28)23(10-15(19)2)30-26-29-13-20(27)25(32-26)31-24-12-22(33-34-24)17-4-5-17;1-14-11-19(28-24-27-13-18(26)22(30-24)29-21-12-16(3)31-32-21)15(2)10-17(14)20-6-4-5-9-33(20)23(34)25(35)7-8-25/h15-18,22H,4-14H2,1-3H3,(H3,30,31,32,33,34,35);11-14,18-19H,4-10,15H2,1-3H3,(H3,29,30,31,32,33,34);10-13,16-17H,3-9,14H2,1-2H3,(H3,29,30,31,32,33,34);10-13,20,35H,4-9H2,1-3H3,(H3,27,28,29,30,31,32). The number of nitrogens with zero attached hydrogens (tertiary/aromatic N) is 17. The van der Waals surface area contributed by atoms with Gasteiger partial charge in [0.25, 0.3) is 5.91 Å². The summed E-state index contributed by atoms with van der Waals surface area (Å²) in [6, 6.07) is 24.1. The summed E-state index contributed by atoms with van der Waals surface area (Å²) < 4.78 is 48.2. The molecule has 1 atom stereocenters. The Balaban J connectivity index is 0.000000135. The number of anilines is 16. The molecule has 1 unspecified atom stereocenters. The number of aromatic nitrogens is 16. The summed E-state index contributed by atoms with van der Waals surface area (Å²) in [7, 11) is -3.24. The van der Waals surface area contributed by atoms with E-state index in [9.17, 15) is 27.9 Å². The number of nitrogens with one attached hydrogen (secondary N) is 12. The summed E-state index contributed by atoms with van der Waals surface area (Å²) >= 11 is 25.3. The Morgan fingerprint density at radius 1 is 0.419 bits per heavy atom. The molecular weight excluding hydrogens is 1980 g/mol. The third-order valence-corrected chi connectivity index (χ3v) is 32.0. The minimum absolute atomic E-state index is 0.0199. The average molecular weight is 2120 g/mol. The number of likely N-dealkylation sites (tertiary alicyclic amines) is 3.